The molecule has 1 aromatic rings. The predicted molar refractivity (Wildman–Crippen MR) is 71.5 cm³/mol. The molecule has 1 aromatic carbocycles. The van der Waals surface area contributed by atoms with Crippen molar-refractivity contribution in [3.05, 3.63) is 29.8 Å². The summed E-state index contributed by atoms with van der Waals surface area (Å²) in [6.45, 7) is 5.50. The zero-order valence-corrected chi connectivity index (χ0v) is 11.9. The second-order valence-corrected chi connectivity index (χ2v) is 6.72. The van der Waals surface area contributed by atoms with E-state index in [1.807, 2.05) is 13.8 Å². The maximum absolute atomic E-state index is 13.4. The fourth-order valence-electron chi connectivity index (χ4n) is 1.35. The average Bonchev–Trinajstić information content (AvgIpc) is 2.31. The summed E-state index contributed by atoms with van der Waals surface area (Å²) in [7, 11) is -3.77. The standard InChI is InChI=1S/C12H18F2N2O2S/c1-8(2)15-7-9(3)19(17,18)16-11-6-4-5-10(13)12(11)14/h4-6,8-9,15-16H,7H2,1-3H3. The molecule has 0 fully saturated rings. The summed E-state index contributed by atoms with van der Waals surface area (Å²) in [5, 5.41) is 2.21. The highest BCUT2D eigenvalue weighted by Gasteiger charge is 2.22. The molecule has 4 nitrogen and oxygen atoms in total. The molecule has 0 saturated heterocycles. The highest BCUT2D eigenvalue weighted by Crippen LogP contribution is 2.19. The van der Waals surface area contributed by atoms with Crippen LogP contribution >= 0.6 is 0 Å². The van der Waals surface area contributed by atoms with Gasteiger partial charge in [-0.15, -0.1) is 0 Å². The lowest BCUT2D eigenvalue weighted by molar-refractivity contribution is 0.511. The Hall–Kier alpha value is -1.21. The van der Waals surface area contributed by atoms with E-state index in [-0.39, 0.29) is 18.3 Å². The SMILES string of the molecule is CC(C)NCC(C)S(=O)(=O)Nc1cccc(F)c1F. The fraction of sp³-hybridized carbons (Fsp3) is 0.500. The van der Waals surface area contributed by atoms with Gasteiger partial charge in [0.25, 0.3) is 0 Å². The van der Waals surface area contributed by atoms with Crippen molar-refractivity contribution in [1.29, 1.82) is 0 Å². The van der Waals surface area contributed by atoms with Crippen LogP contribution in [-0.2, 0) is 10.0 Å². The molecular weight excluding hydrogens is 274 g/mol. The summed E-state index contributed by atoms with van der Waals surface area (Å²) >= 11 is 0. The number of anilines is 1. The van der Waals surface area contributed by atoms with Crippen LogP contribution in [0.3, 0.4) is 0 Å². The van der Waals surface area contributed by atoms with Crippen molar-refractivity contribution < 1.29 is 17.2 Å². The lowest BCUT2D eigenvalue weighted by Gasteiger charge is -2.17. The van der Waals surface area contributed by atoms with E-state index in [1.165, 1.54) is 19.1 Å². The second kappa shape index (κ2) is 6.29. The van der Waals surface area contributed by atoms with Gasteiger partial charge in [-0.25, -0.2) is 17.2 Å². The molecule has 0 saturated carbocycles. The Morgan fingerprint density at radius 2 is 1.84 bits per heavy atom. The third-order valence-electron chi connectivity index (χ3n) is 2.55. The molecule has 108 valence electrons. The minimum absolute atomic E-state index is 0.142. The molecule has 19 heavy (non-hydrogen) atoms. The molecule has 0 aromatic heterocycles. The van der Waals surface area contributed by atoms with Gasteiger partial charge < -0.3 is 5.32 Å². The summed E-state index contributed by atoms with van der Waals surface area (Å²) in [5.41, 5.74) is -0.378. The number of hydrogen-bond donors (Lipinski definition) is 2. The van der Waals surface area contributed by atoms with Gasteiger partial charge in [-0.1, -0.05) is 19.9 Å². The highest BCUT2D eigenvalue weighted by molar-refractivity contribution is 7.93. The van der Waals surface area contributed by atoms with Gasteiger partial charge in [0.15, 0.2) is 11.6 Å². The summed E-state index contributed by atoms with van der Waals surface area (Å²) in [5.74, 6) is -2.29. The van der Waals surface area contributed by atoms with Gasteiger partial charge in [0, 0.05) is 12.6 Å². The summed E-state index contributed by atoms with van der Waals surface area (Å²) in [6.07, 6.45) is 0. The second-order valence-electron chi connectivity index (χ2n) is 4.62. The van der Waals surface area contributed by atoms with Gasteiger partial charge in [0.2, 0.25) is 10.0 Å². The monoisotopic (exact) mass is 292 g/mol. The Labute approximate surface area is 112 Å². The van der Waals surface area contributed by atoms with E-state index in [0.717, 1.165) is 6.07 Å². The Morgan fingerprint density at radius 3 is 2.42 bits per heavy atom. The summed E-state index contributed by atoms with van der Waals surface area (Å²) in [4.78, 5) is 0. The summed E-state index contributed by atoms with van der Waals surface area (Å²) in [6, 6.07) is 3.49. The number of rotatable bonds is 6. The molecule has 0 bridgehead atoms. The number of halogens is 2. The van der Waals surface area contributed by atoms with Gasteiger partial charge in [-0.3, -0.25) is 4.72 Å². The van der Waals surface area contributed by atoms with E-state index in [1.54, 1.807) is 0 Å². The Kier molecular flexibility index (Phi) is 5.25. The maximum atomic E-state index is 13.4. The van der Waals surface area contributed by atoms with Crippen LogP contribution in [0.25, 0.3) is 0 Å². The first-order valence-corrected chi connectivity index (χ1v) is 7.47. The van der Waals surface area contributed by atoms with Crippen molar-refractivity contribution in [2.45, 2.75) is 32.1 Å². The van der Waals surface area contributed by atoms with Crippen molar-refractivity contribution in [2.75, 3.05) is 11.3 Å². The van der Waals surface area contributed by atoms with Crippen molar-refractivity contribution in [3.63, 3.8) is 0 Å². The molecule has 7 heteroatoms. The van der Waals surface area contributed by atoms with E-state index in [2.05, 4.69) is 10.0 Å². The number of benzene rings is 1. The number of sulfonamides is 1. The van der Waals surface area contributed by atoms with Gasteiger partial charge in [-0.05, 0) is 19.1 Å². The van der Waals surface area contributed by atoms with E-state index in [4.69, 9.17) is 0 Å². The van der Waals surface area contributed by atoms with E-state index >= 15 is 0 Å². The first-order valence-electron chi connectivity index (χ1n) is 5.93. The third kappa shape index (κ3) is 4.43. The van der Waals surface area contributed by atoms with Gasteiger partial charge >= 0.3 is 0 Å². The lowest BCUT2D eigenvalue weighted by Crippen LogP contribution is -2.37. The minimum atomic E-state index is -3.77. The molecule has 0 aliphatic carbocycles. The van der Waals surface area contributed by atoms with Gasteiger partial charge in [0.1, 0.15) is 0 Å². The molecule has 2 N–H and O–H groups in total. The number of nitrogens with one attached hydrogen (secondary N) is 2. The van der Waals surface area contributed by atoms with E-state index in [9.17, 15) is 17.2 Å². The zero-order valence-electron chi connectivity index (χ0n) is 11.1. The molecule has 0 aliphatic rings. The van der Waals surface area contributed by atoms with Gasteiger partial charge in [-0.2, -0.15) is 0 Å². The van der Waals surface area contributed by atoms with Crippen LogP contribution in [0.15, 0.2) is 18.2 Å². The minimum Gasteiger partial charge on any atom is -0.313 e. The number of hydrogen-bond acceptors (Lipinski definition) is 3. The van der Waals surface area contributed by atoms with Crippen LogP contribution in [-0.4, -0.2) is 26.3 Å². The molecule has 0 heterocycles. The molecule has 0 spiro atoms. The van der Waals surface area contributed by atoms with E-state index in [0.29, 0.717) is 0 Å². The van der Waals surface area contributed by atoms with E-state index < -0.39 is 26.9 Å². The maximum Gasteiger partial charge on any atom is 0.236 e. The third-order valence-corrected chi connectivity index (χ3v) is 4.28. The molecular formula is C12H18F2N2O2S. The molecule has 1 rings (SSSR count). The highest BCUT2D eigenvalue weighted by atomic mass is 32.2. The summed E-state index contributed by atoms with van der Waals surface area (Å²) < 4.78 is 52.3. The smallest absolute Gasteiger partial charge is 0.236 e. The van der Waals surface area contributed by atoms with Crippen LogP contribution in [0.4, 0.5) is 14.5 Å². The van der Waals surface area contributed by atoms with Crippen LogP contribution in [0.1, 0.15) is 20.8 Å². The molecule has 0 radical (unpaired) electrons. The van der Waals surface area contributed by atoms with Crippen LogP contribution in [0.5, 0.6) is 0 Å². The molecule has 0 amide bonds. The largest absolute Gasteiger partial charge is 0.313 e. The predicted octanol–water partition coefficient (Wildman–Crippen LogP) is 2.09. The van der Waals surface area contributed by atoms with Crippen molar-refractivity contribution in [1.82, 2.24) is 5.32 Å². The quantitative estimate of drug-likeness (QED) is 0.844. The average molecular weight is 292 g/mol. The Morgan fingerprint density at radius 1 is 1.21 bits per heavy atom. The Balaban J connectivity index is 2.82. The topological polar surface area (TPSA) is 58.2 Å². The van der Waals surface area contributed by atoms with Crippen LogP contribution in [0.2, 0.25) is 0 Å². The lowest BCUT2D eigenvalue weighted by atomic mass is 10.3. The first-order chi connectivity index (χ1) is 8.74. The normalized spacial score (nSPS) is 13.6. The fourth-order valence-corrected chi connectivity index (χ4v) is 2.33. The Bertz CT molecular complexity index is 533. The zero-order chi connectivity index (χ0) is 14.6. The van der Waals surface area contributed by atoms with Crippen molar-refractivity contribution >= 4 is 15.7 Å². The molecule has 1 unspecified atom stereocenters. The van der Waals surface area contributed by atoms with Crippen molar-refractivity contribution in [2.24, 2.45) is 0 Å². The first kappa shape index (κ1) is 15.8. The molecule has 1 atom stereocenters. The van der Waals surface area contributed by atoms with Crippen LogP contribution in [0, 0.1) is 11.6 Å². The molecule has 0 aliphatic heterocycles. The van der Waals surface area contributed by atoms with Gasteiger partial charge in [0.05, 0.1) is 10.9 Å². The van der Waals surface area contributed by atoms with Crippen LogP contribution < -0.4 is 10.0 Å². The van der Waals surface area contributed by atoms with Crippen molar-refractivity contribution in [3.8, 4) is 0 Å².